The number of carbonyl (C=O) groups excluding carboxylic acids is 1. The molecule has 0 unspecified atom stereocenters. The molecule has 1 rings (SSSR count). The van der Waals surface area contributed by atoms with Crippen LogP contribution in [0.5, 0.6) is 0 Å². The summed E-state index contributed by atoms with van der Waals surface area (Å²) in [5, 5.41) is 16.1. The van der Waals surface area contributed by atoms with Gasteiger partial charge in [-0.2, -0.15) is 5.10 Å². The number of rotatable bonds is 3. The quantitative estimate of drug-likeness (QED) is 0.397. The molecule has 6 heteroatoms. The third-order valence-corrected chi connectivity index (χ3v) is 1.26. The predicted molar refractivity (Wildman–Crippen MR) is 39.5 cm³/mol. The maximum Gasteiger partial charge on any atom is 0.267 e. The van der Waals surface area contributed by atoms with Crippen molar-refractivity contribution in [3.05, 3.63) is 27.6 Å². The van der Waals surface area contributed by atoms with E-state index in [-0.39, 0.29) is 5.69 Å². The van der Waals surface area contributed by atoms with E-state index < -0.39 is 17.3 Å². The normalized spacial score (nSPS) is 9.75. The number of nitrogens with zero attached hydrogens (tertiary/aromatic N) is 2. The van der Waals surface area contributed by atoms with Crippen LogP contribution in [0.3, 0.4) is 0 Å². The Hall–Kier alpha value is -1.72. The summed E-state index contributed by atoms with van der Waals surface area (Å²) in [6.07, 6.45) is 0. The molecule has 0 amide bonds. The number of Topliss-reactive ketones (excluding diaryl/α,β-unsaturated/α-hetero) is 1. The zero-order valence-electron chi connectivity index (χ0n) is 6.40. The third-order valence-electron chi connectivity index (χ3n) is 1.26. The molecule has 1 N–H and O–H groups in total. The zero-order valence-corrected chi connectivity index (χ0v) is 6.40. The van der Waals surface area contributed by atoms with Crippen LogP contribution >= 0.6 is 0 Å². The van der Waals surface area contributed by atoms with Crippen molar-refractivity contribution >= 4 is 5.78 Å². The third kappa shape index (κ3) is 1.88. The number of hydrogen-bond donors (Lipinski definition) is 1. The number of aryl methyl sites for hydroxylation is 1. The lowest BCUT2D eigenvalue weighted by molar-refractivity contribution is -0.465. The van der Waals surface area contributed by atoms with Gasteiger partial charge < -0.3 is 0 Å². The number of H-pyrrole nitrogens is 1. The Bertz CT molecular complexity index is 318. The van der Waals surface area contributed by atoms with Gasteiger partial charge in [-0.25, -0.2) is 0 Å². The Morgan fingerprint density at radius 2 is 2.50 bits per heavy atom. The highest BCUT2D eigenvalue weighted by Gasteiger charge is 2.14. The molecular weight excluding hydrogens is 162 g/mol. The van der Waals surface area contributed by atoms with Gasteiger partial charge in [0.15, 0.2) is 0 Å². The average molecular weight is 169 g/mol. The summed E-state index contributed by atoms with van der Waals surface area (Å²) >= 11 is 0. The van der Waals surface area contributed by atoms with Gasteiger partial charge in [0, 0.05) is 10.6 Å². The van der Waals surface area contributed by atoms with E-state index in [0.29, 0.717) is 5.69 Å². The smallest absolute Gasteiger partial charge is 0.267 e. The lowest BCUT2D eigenvalue weighted by atomic mass is 10.3. The zero-order chi connectivity index (χ0) is 9.14. The topological polar surface area (TPSA) is 88.9 Å². The Kier molecular flexibility index (Phi) is 2.18. The highest BCUT2D eigenvalue weighted by Crippen LogP contribution is 1.98. The monoisotopic (exact) mass is 169 g/mol. The van der Waals surface area contributed by atoms with Crippen LogP contribution in [0.1, 0.15) is 16.2 Å². The number of aromatic nitrogens is 2. The van der Waals surface area contributed by atoms with Crippen molar-refractivity contribution in [1.29, 1.82) is 0 Å². The Morgan fingerprint density at radius 3 is 2.92 bits per heavy atom. The Morgan fingerprint density at radius 1 is 1.83 bits per heavy atom. The lowest BCUT2D eigenvalue weighted by Crippen LogP contribution is -2.13. The van der Waals surface area contributed by atoms with Crippen LogP contribution in [0, 0.1) is 17.0 Å². The first-order valence-corrected chi connectivity index (χ1v) is 3.26. The van der Waals surface area contributed by atoms with Gasteiger partial charge in [0.2, 0.25) is 0 Å². The highest BCUT2D eigenvalue weighted by atomic mass is 16.6. The molecular formula is C6H7N3O3. The van der Waals surface area contributed by atoms with Crippen LogP contribution in [0.4, 0.5) is 0 Å². The van der Waals surface area contributed by atoms with Crippen molar-refractivity contribution in [3.8, 4) is 0 Å². The van der Waals surface area contributed by atoms with E-state index >= 15 is 0 Å². The maximum absolute atomic E-state index is 10.9. The van der Waals surface area contributed by atoms with E-state index in [2.05, 4.69) is 10.2 Å². The fraction of sp³-hybridized carbons (Fsp3) is 0.333. The first-order chi connectivity index (χ1) is 5.59. The Balaban J connectivity index is 2.72. The first-order valence-electron chi connectivity index (χ1n) is 3.26. The minimum Gasteiger partial charge on any atom is -0.285 e. The van der Waals surface area contributed by atoms with Crippen LogP contribution in [0.15, 0.2) is 6.07 Å². The van der Waals surface area contributed by atoms with E-state index in [1.54, 1.807) is 6.92 Å². The summed E-state index contributed by atoms with van der Waals surface area (Å²) in [6, 6.07) is 1.48. The second-order valence-electron chi connectivity index (χ2n) is 2.35. The molecule has 0 radical (unpaired) electrons. The molecule has 6 nitrogen and oxygen atoms in total. The fourth-order valence-corrected chi connectivity index (χ4v) is 0.759. The van der Waals surface area contributed by atoms with Crippen LogP contribution in [0.2, 0.25) is 0 Å². The molecule has 0 aliphatic heterocycles. The van der Waals surface area contributed by atoms with Gasteiger partial charge in [0.25, 0.3) is 12.3 Å². The molecule has 1 aromatic rings. The molecule has 0 aliphatic rings. The van der Waals surface area contributed by atoms with E-state index in [1.165, 1.54) is 6.07 Å². The summed E-state index contributed by atoms with van der Waals surface area (Å²) < 4.78 is 0. The molecule has 1 aromatic heterocycles. The number of aromatic amines is 1. The number of nitrogens with one attached hydrogen (secondary N) is 1. The van der Waals surface area contributed by atoms with E-state index in [1.807, 2.05) is 0 Å². The van der Waals surface area contributed by atoms with Crippen molar-refractivity contribution in [2.45, 2.75) is 6.92 Å². The summed E-state index contributed by atoms with van der Waals surface area (Å²) in [7, 11) is 0. The second kappa shape index (κ2) is 3.12. The highest BCUT2D eigenvalue weighted by molar-refractivity contribution is 5.95. The molecule has 0 spiro atoms. The minimum absolute atomic E-state index is 0.115. The summed E-state index contributed by atoms with van der Waals surface area (Å²) in [6.45, 7) is 1.01. The van der Waals surface area contributed by atoms with E-state index in [4.69, 9.17) is 0 Å². The molecule has 0 bridgehead atoms. The van der Waals surface area contributed by atoms with Crippen molar-refractivity contribution in [3.63, 3.8) is 0 Å². The molecule has 0 fully saturated rings. The fourth-order valence-electron chi connectivity index (χ4n) is 0.759. The van der Waals surface area contributed by atoms with Gasteiger partial charge in [-0.15, -0.1) is 0 Å². The summed E-state index contributed by atoms with van der Waals surface area (Å²) in [4.78, 5) is 20.2. The molecule has 0 aromatic carbocycles. The molecule has 0 saturated carbocycles. The molecule has 0 aliphatic carbocycles. The SMILES string of the molecule is Cc1cc(C(=O)C[N+](=O)[O-])n[nH]1. The van der Waals surface area contributed by atoms with Crippen LogP contribution in [-0.2, 0) is 0 Å². The van der Waals surface area contributed by atoms with Crippen molar-refractivity contribution in [2.75, 3.05) is 6.54 Å². The molecule has 0 atom stereocenters. The number of hydrogen-bond acceptors (Lipinski definition) is 4. The summed E-state index contributed by atoms with van der Waals surface area (Å²) in [5.41, 5.74) is 0.825. The van der Waals surface area contributed by atoms with E-state index in [9.17, 15) is 14.9 Å². The molecule has 0 saturated heterocycles. The Labute approximate surface area is 67.7 Å². The molecule has 64 valence electrons. The number of ketones is 1. The maximum atomic E-state index is 10.9. The van der Waals surface area contributed by atoms with Gasteiger partial charge >= 0.3 is 0 Å². The van der Waals surface area contributed by atoms with Crippen molar-refractivity contribution < 1.29 is 9.72 Å². The van der Waals surface area contributed by atoms with Crippen LogP contribution in [-0.4, -0.2) is 27.4 Å². The van der Waals surface area contributed by atoms with E-state index in [0.717, 1.165) is 0 Å². The van der Waals surface area contributed by atoms with Gasteiger partial charge in [-0.1, -0.05) is 0 Å². The predicted octanol–water partition coefficient (Wildman–Crippen LogP) is 0.178. The van der Waals surface area contributed by atoms with Crippen molar-refractivity contribution in [1.82, 2.24) is 10.2 Å². The van der Waals surface area contributed by atoms with Gasteiger partial charge in [0.1, 0.15) is 5.69 Å². The minimum atomic E-state index is -0.704. The van der Waals surface area contributed by atoms with Crippen LogP contribution < -0.4 is 0 Å². The lowest BCUT2D eigenvalue weighted by Gasteiger charge is -1.87. The standard InChI is InChI=1S/C6H7N3O3/c1-4-2-5(8-7-4)6(10)3-9(11)12/h2H,3H2,1H3,(H,7,8). The van der Waals surface area contributed by atoms with Gasteiger partial charge in [0.05, 0.1) is 0 Å². The number of nitro groups is 1. The average Bonchev–Trinajstić information content (AvgIpc) is 2.34. The largest absolute Gasteiger partial charge is 0.285 e. The second-order valence-corrected chi connectivity index (χ2v) is 2.35. The van der Waals surface area contributed by atoms with Gasteiger partial charge in [-0.05, 0) is 13.0 Å². The first kappa shape index (κ1) is 8.38. The van der Waals surface area contributed by atoms with Crippen LogP contribution in [0.25, 0.3) is 0 Å². The molecule has 1 heterocycles. The number of carbonyl (C=O) groups is 1. The van der Waals surface area contributed by atoms with Gasteiger partial charge in [-0.3, -0.25) is 20.0 Å². The summed E-state index contributed by atoms with van der Waals surface area (Å²) in [5.74, 6) is -0.579. The molecule has 12 heavy (non-hydrogen) atoms. The van der Waals surface area contributed by atoms with Crippen molar-refractivity contribution in [2.24, 2.45) is 0 Å².